The number of nitrogens with one attached hydrogen (secondary N) is 2. The molecule has 1 atom stereocenters. The highest BCUT2D eigenvalue weighted by molar-refractivity contribution is 5.74. The van der Waals surface area contributed by atoms with Crippen molar-refractivity contribution in [1.82, 2.24) is 25.3 Å². The molecule has 0 saturated carbocycles. The Morgan fingerprint density at radius 1 is 1.10 bits per heavy atom. The Morgan fingerprint density at radius 3 is 2.48 bits per heavy atom. The van der Waals surface area contributed by atoms with Crippen LogP contribution >= 0.6 is 0 Å². The summed E-state index contributed by atoms with van der Waals surface area (Å²) >= 11 is 0. The topological polar surface area (TPSA) is 50.9 Å². The molecule has 0 radical (unpaired) electrons. The molecule has 1 saturated heterocycles. The Labute approximate surface area is 185 Å². The summed E-state index contributed by atoms with van der Waals surface area (Å²) in [5, 5.41) is 6.06. The standard InChI is InChI=1S/C24H34FN5O/c1-28(2)17-21-15-19(9-10-22(21)25)16-26-24(31)27-23(20-7-5-4-6-8-20)18-30-13-11-29(3)12-14-30/h4-10,15,23H,11-14,16-18H2,1-3H3,(H2,26,27,31). The summed E-state index contributed by atoms with van der Waals surface area (Å²) in [6.07, 6.45) is 0. The third kappa shape index (κ3) is 7.31. The first-order chi connectivity index (χ1) is 14.9. The summed E-state index contributed by atoms with van der Waals surface area (Å²) in [6.45, 7) is 5.70. The minimum atomic E-state index is -0.224. The van der Waals surface area contributed by atoms with Crippen molar-refractivity contribution in [2.75, 3.05) is 53.9 Å². The Bertz CT molecular complexity index is 837. The fraction of sp³-hybridized carbons (Fsp3) is 0.458. The molecule has 0 aliphatic carbocycles. The number of nitrogens with zero attached hydrogens (tertiary/aromatic N) is 3. The van der Waals surface area contributed by atoms with Gasteiger partial charge in [-0.05, 0) is 44.4 Å². The quantitative estimate of drug-likeness (QED) is 0.680. The summed E-state index contributed by atoms with van der Waals surface area (Å²) in [5.74, 6) is -0.224. The van der Waals surface area contributed by atoms with Crippen molar-refractivity contribution >= 4 is 6.03 Å². The fourth-order valence-electron chi connectivity index (χ4n) is 3.80. The summed E-state index contributed by atoms with van der Waals surface area (Å²) in [5.41, 5.74) is 2.59. The summed E-state index contributed by atoms with van der Waals surface area (Å²) in [7, 11) is 5.95. The lowest BCUT2D eigenvalue weighted by atomic mass is 10.1. The van der Waals surface area contributed by atoms with Crippen LogP contribution in [-0.4, -0.2) is 74.6 Å². The van der Waals surface area contributed by atoms with Crippen molar-refractivity contribution in [3.63, 3.8) is 0 Å². The highest BCUT2D eigenvalue weighted by Gasteiger charge is 2.21. The van der Waals surface area contributed by atoms with E-state index in [1.165, 1.54) is 6.07 Å². The Balaban J connectivity index is 1.60. The first-order valence-electron chi connectivity index (χ1n) is 10.8. The number of benzene rings is 2. The van der Waals surface area contributed by atoms with Gasteiger partial charge in [0.1, 0.15) is 5.82 Å². The molecule has 6 nitrogen and oxygen atoms in total. The molecular weight excluding hydrogens is 393 g/mol. The molecule has 2 aromatic carbocycles. The van der Waals surface area contributed by atoms with Gasteiger partial charge in [-0.1, -0.05) is 36.4 Å². The molecular formula is C24H34FN5O. The Kier molecular flexibility index (Phi) is 8.40. The predicted octanol–water partition coefficient (Wildman–Crippen LogP) is 2.68. The van der Waals surface area contributed by atoms with Crippen molar-refractivity contribution in [2.45, 2.75) is 19.1 Å². The minimum Gasteiger partial charge on any atom is -0.334 e. The number of hydrogen-bond donors (Lipinski definition) is 2. The van der Waals surface area contributed by atoms with Crippen LogP contribution < -0.4 is 10.6 Å². The second-order valence-electron chi connectivity index (χ2n) is 8.56. The van der Waals surface area contributed by atoms with E-state index in [1.807, 2.05) is 43.3 Å². The lowest BCUT2D eigenvalue weighted by Crippen LogP contribution is -2.48. The van der Waals surface area contributed by atoms with Gasteiger partial charge in [0, 0.05) is 51.4 Å². The van der Waals surface area contributed by atoms with Crippen molar-refractivity contribution in [3.05, 3.63) is 71.0 Å². The predicted molar refractivity (Wildman–Crippen MR) is 122 cm³/mol. The molecule has 7 heteroatoms. The van der Waals surface area contributed by atoms with Gasteiger partial charge >= 0.3 is 6.03 Å². The zero-order valence-electron chi connectivity index (χ0n) is 18.8. The van der Waals surface area contributed by atoms with Crippen LogP contribution in [0.1, 0.15) is 22.7 Å². The molecule has 3 rings (SSSR count). The minimum absolute atomic E-state index is 0.0953. The van der Waals surface area contributed by atoms with E-state index in [4.69, 9.17) is 0 Å². The number of hydrogen-bond acceptors (Lipinski definition) is 4. The van der Waals surface area contributed by atoms with Crippen LogP contribution in [0.2, 0.25) is 0 Å². The van der Waals surface area contributed by atoms with E-state index in [9.17, 15) is 9.18 Å². The average Bonchev–Trinajstić information content (AvgIpc) is 2.75. The van der Waals surface area contributed by atoms with Crippen LogP contribution in [-0.2, 0) is 13.1 Å². The molecule has 168 valence electrons. The number of carbonyl (C=O) groups excluding carboxylic acids is 1. The normalized spacial score (nSPS) is 16.3. The molecule has 0 bridgehead atoms. The van der Waals surface area contributed by atoms with Crippen LogP contribution in [0.25, 0.3) is 0 Å². The Morgan fingerprint density at radius 2 is 1.81 bits per heavy atom. The van der Waals surface area contributed by atoms with E-state index in [1.54, 1.807) is 6.07 Å². The maximum Gasteiger partial charge on any atom is 0.315 e. The molecule has 2 aromatic rings. The van der Waals surface area contributed by atoms with Crippen LogP contribution in [0, 0.1) is 5.82 Å². The first kappa shape index (κ1) is 23.2. The van der Waals surface area contributed by atoms with Gasteiger partial charge in [-0.25, -0.2) is 9.18 Å². The molecule has 1 unspecified atom stereocenters. The second-order valence-corrected chi connectivity index (χ2v) is 8.56. The summed E-state index contributed by atoms with van der Waals surface area (Å²) in [4.78, 5) is 19.3. The van der Waals surface area contributed by atoms with Gasteiger partial charge in [0.2, 0.25) is 0 Å². The number of piperazine rings is 1. The molecule has 1 fully saturated rings. The molecule has 1 aliphatic heterocycles. The average molecular weight is 428 g/mol. The van der Waals surface area contributed by atoms with Crippen molar-refractivity contribution in [3.8, 4) is 0 Å². The van der Waals surface area contributed by atoms with Gasteiger partial charge in [-0.15, -0.1) is 0 Å². The summed E-state index contributed by atoms with van der Waals surface area (Å²) < 4.78 is 14.0. The van der Waals surface area contributed by atoms with Crippen LogP contribution in [0.5, 0.6) is 0 Å². The van der Waals surface area contributed by atoms with Gasteiger partial charge in [0.15, 0.2) is 0 Å². The van der Waals surface area contributed by atoms with Gasteiger partial charge in [0.05, 0.1) is 6.04 Å². The number of likely N-dealkylation sites (N-methyl/N-ethyl adjacent to an activating group) is 1. The van der Waals surface area contributed by atoms with Gasteiger partial charge in [-0.2, -0.15) is 0 Å². The van der Waals surface area contributed by atoms with Gasteiger partial charge in [0.25, 0.3) is 0 Å². The van der Waals surface area contributed by atoms with E-state index in [0.717, 1.165) is 43.9 Å². The van der Waals surface area contributed by atoms with E-state index in [0.29, 0.717) is 18.7 Å². The van der Waals surface area contributed by atoms with E-state index in [2.05, 4.69) is 39.6 Å². The third-order valence-electron chi connectivity index (χ3n) is 5.59. The van der Waals surface area contributed by atoms with Crippen molar-refractivity contribution in [2.24, 2.45) is 0 Å². The first-order valence-corrected chi connectivity index (χ1v) is 10.8. The SMILES string of the molecule is CN(C)Cc1cc(CNC(=O)NC(CN2CCN(C)CC2)c2ccccc2)ccc1F. The highest BCUT2D eigenvalue weighted by atomic mass is 19.1. The number of amides is 2. The number of rotatable bonds is 8. The van der Waals surface area contributed by atoms with Crippen LogP contribution in [0.15, 0.2) is 48.5 Å². The van der Waals surface area contributed by atoms with Crippen molar-refractivity contribution in [1.29, 1.82) is 0 Å². The zero-order chi connectivity index (χ0) is 22.2. The number of carbonyl (C=O) groups is 1. The number of halogens is 1. The summed E-state index contributed by atoms with van der Waals surface area (Å²) in [6, 6.07) is 14.8. The largest absolute Gasteiger partial charge is 0.334 e. The molecule has 1 aliphatic rings. The van der Waals surface area contributed by atoms with E-state index < -0.39 is 0 Å². The Hall–Kier alpha value is -2.48. The second kappa shape index (κ2) is 11.2. The molecule has 1 heterocycles. The molecule has 2 amide bonds. The van der Waals surface area contributed by atoms with E-state index in [-0.39, 0.29) is 17.9 Å². The molecule has 0 aromatic heterocycles. The lowest BCUT2D eigenvalue weighted by Gasteiger charge is -2.35. The van der Waals surface area contributed by atoms with Crippen molar-refractivity contribution < 1.29 is 9.18 Å². The zero-order valence-corrected chi connectivity index (χ0v) is 18.8. The smallest absolute Gasteiger partial charge is 0.315 e. The van der Waals surface area contributed by atoms with Crippen LogP contribution in [0.4, 0.5) is 9.18 Å². The molecule has 0 spiro atoms. The molecule has 2 N–H and O–H groups in total. The molecule has 31 heavy (non-hydrogen) atoms. The number of urea groups is 1. The van der Waals surface area contributed by atoms with E-state index >= 15 is 0 Å². The third-order valence-corrected chi connectivity index (χ3v) is 5.59. The maximum absolute atomic E-state index is 14.0. The fourth-order valence-corrected chi connectivity index (χ4v) is 3.80. The van der Waals surface area contributed by atoms with Gasteiger partial charge < -0.3 is 20.4 Å². The highest BCUT2D eigenvalue weighted by Crippen LogP contribution is 2.16. The monoisotopic (exact) mass is 427 g/mol. The van der Waals surface area contributed by atoms with Gasteiger partial charge in [-0.3, -0.25) is 4.90 Å². The maximum atomic E-state index is 14.0. The lowest BCUT2D eigenvalue weighted by molar-refractivity contribution is 0.142. The van der Waals surface area contributed by atoms with Crippen LogP contribution in [0.3, 0.4) is 0 Å².